The smallest absolute Gasteiger partial charge is 0.175 e. The van der Waals surface area contributed by atoms with Crippen molar-refractivity contribution in [2.24, 2.45) is 0 Å². The summed E-state index contributed by atoms with van der Waals surface area (Å²) in [6.07, 6.45) is 2.33. The molecule has 0 aliphatic carbocycles. The lowest BCUT2D eigenvalue weighted by Gasteiger charge is -2.32. The molecule has 2 aliphatic rings. The molecule has 80 valence electrons. The van der Waals surface area contributed by atoms with Crippen LogP contribution < -0.4 is 9.64 Å². The molecule has 1 aromatic heterocycles. The molecule has 1 saturated heterocycles. The average molecular weight is 318 g/mol. The van der Waals surface area contributed by atoms with Crippen molar-refractivity contribution in [3.05, 3.63) is 15.8 Å². The van der Waals surface area contributed by atoms with Crippen LogP contribution in [0.5, 0.6) is 5.75 Å². The second-order valence-electron chi connectivity index (χ2n) is 3.95. The SMILES string of the molecule is OC1C[C@H]2COc3c(I)ccnc3N2C1. The zero-order valence-electron chi connectivity index (χ0n) is 8.06. The highest BCUT2D eigenvalue weighted by atomic mass is 127. The van der Waals surface area contributed by atoms with E-state index in [9.17, 15) is 5.11 Å². The summed E-state index contributed by atoms with van der Waals surface area (Å²) in [5, 5.41) is 9.63. The van der Waals surface area contributed by atoms with Crippen LogP contribution in [0.2, 0.25) is 0 Å². The van der Waals surface area contributed by atoms with Gasteiger partial charge in [0.1, 0.15) is 6.61 Å². The lowest BCUT2D eigenvalue weighted by atomic mass is 10.2. The summed E-state index contributed by atoms with van der Waals surface area (Å²) in [7, 11) is 0. The van der Waals surface area contributed by atoms with Crippen molar-refractivity contribution in [3.63, 3.8) is 0 Å². The summed E-state index contributed by atoms with van der Waals surface area (Å²) in [6, 6.07) is 2.23. The highest BCUT2D eigenvalue weighted by Crippen LogP contribution is 2.38. The van der Waals surface area contributed by atoms with Crippen LogP contribution >= 0.6 is 22.6 Å². The van der Waals surface area contributed by atoms with E-state index < -0.39 is 0 Å². The van der Waals surface area contributed by atoms with E-state index in [1.807, 2.05) is 6.07 Å². The number of fused-ring (bicyclic) bond motifs is 3. The molecule has 0 saturated carbocycles. The number of rotatable bonds is 0. The molecule has 1 aromatic rings. The summed E-state index contributed by atoms with van der Waals surface area (Å²) < 4.78 is 6.77. The van der Waals surface area contributed by atoms with Gasteiger partial charge in [-0.25, -0.2) is 4.98 Å². The molecular formula is C10H11IN2O2. The van der Waals surface area contributed by atoms with E-state index in [0.29, 0.717) is 13.2 Å². The van der Waals surface area contributed by atoms with Crippen LogP contribution in [0.25, 0.3) is 0 Å². The van der Waals surface area contributed by atoms with Crippen LogP contribution in [-0.4, -0.2) is 35.4 Å². The number of anilines is 1. The van der Waals surface area contributed by atoms with Crippen molar-refractivity contribution in [2.75, 3.05) is 18.1 Å². The monoisotopic (exact) mass is 318 g/mol. The third kappa shape index (κ3) is 1.48. The summed E-state index contributed by atoms with van der Waals surface area (Å²) in [5.41, 5.74) is 0. The fourth-order valence-corrected chi connectivity index (χ4v) is 2.80. The number of hydrogen-bond acceptors (Lipinski definition) is 4. The van der Waals surface area contributed by atoms with Crippen LogP contribution in [0.3, 0.4) is 0 Å². The van der Waals surface area contributed by atoms with Crippen molar-refractivity contribution in [2.45, 2.75) is 18.6 Å². The minimum Gasteiger partial charge on any atom is -0.486 e. The minimum atomic E-state index is -0.246. The van der Waals surface area contributed by atoms with Gasteiger partial charge < -0.3 is 14.7 Å². The van der Waals surface area contributed by atoms with Gasteiger partial charge >= 0.3 is 0 Å². The first-order chi connectivity index (χ1) is 7.25. The van der Waals surface area contributed by atoms with E-state index in [1.165, 1.54) is 0 Å². The Bertz CT molecular complexity index is 399. The second kappa shape index (κ2) is 3.48. The highest BCUT2D eigenvalue weighted by Gasteiger charge is 2.37. The average Bonchev–Trinajstić information content (AvgIpc) is 2.59. The normalized spacial score (nSPS) is 28.3. The molecule has 3 heterocycles. The zero-order chi connectivity index (χ0) is 10.4. The summed E-state index contributed by atoms with van der Waals surface area (Å²) in [4.78, 5) is 6.50. The largest absolute Gasteiger partial charge is 0.486 e. The third-order valence-corrected chi connectivity index (χ3v) is 3.77. The predicted molar refractivity (Wildman–Crippen MR) is 64.2 cm³/mol. The van der Waals surface area contributed by atoms with Gasteiger partial charge in [-0.3, -0.25) is 0 Å². The Morgan fingerprint density at radius 2 is 2.47 bits per heavy atom. The molecule has 15 heavy (non-hydrogen) atoms. The van der Waals surface area contributed by atoms with Crippen LogP contribution in [-0.2, 0) is 0 Å². The molecular weight excluding hydrogens is 307 g/mol. The van der Waals surface area contributed by atoms with Crippen molar-refractivity contribution in [3.8, 4) is 5.75 Å². The van der Waals surface area contributed by atoms with E-state index in [1.54, 1.807) is 6.20 Å². The topological polar surface area (TPSA) is 45.6 Å². The lowest BCUT2D eigenvalue weighted by Crippen LogP contribution is -2.39. The number of halogens is 1. The molecule has 1 N–H and O–H groups in total. The Hall–Kier alpha value is -0.560. The summed E-state index contributed by atoms with van der Waals surface area (Å²) in [5.74, 6) is 1.75. The van der Waals surface area contributed by atoms with E-state index >= 15 is 0 Å². The van der Waals surface area contributed by atoms with Gasteiger partial charge in [0.25, 0.3) is 0 Å². The van der Waals surface area contributed by atoms with E-state index in [-0.39, 0.29) is 12.1 Å². The highest BCUT2D eigenvalue weighted by molar-refractivity contribution is 14.1. The Morgan fingerprint density at radius 3 is 3.33 bits per heavy atom. The molecule has 0 bridgehead atoms. The maximum Gasteiger partial charge on any atom is 0.175 e. The molecule has 4 nitrogen and oxygen atoms in total. The Morgan fingerprint density at radius 1 is 1.60 bits per heavy atom. The maximum atomic E-state index is 9.63. The Balaban J connectivity index is 2.05. The van der Waals surface area contributed by atoms with Crippen molar-refractivity contribution < 1.29 is 9.84 Å². The predicted octanol–water partition coefficient (Wildman–Crippen LogP) is 1.02. The van der Waals surface area contributed by atoms with Gasteiger partial charge in [0.2, 0.25) is 0 Å². The second-order valence-corrected chi connectivity index (χ2v) is 5.11. The lowest BCUT2D eigenvalue weighted by molar-refractivity contribution is 0.187. The molecule has 0 radical (unpaired) electrons. The molecule has 2 aliphatic heterocycles. The molecule has 1 unspecified atom stereocenters. The molecule has 1 fully saturated rings. The van der Waals surface area contributed by atoms with E-state index in [4.69, 9.17) is 4.74 Å². The zero-order valence-corrected chi connectivity index (χ0v) is 10.2. The van der Waals surface area contributed by atoms with Gasteiger partial charge in [0.15, 0.2) is 11.6 Å². The summed E-state index contributed by atoms with van der Waals surface area (Å²) >= 11 is 2.25. The van der Waals surface area contributed by atoms with Crippen LogP contribution in [0, 0.1) is 3.57 Å². The first-order valence-corrected chi connectivity index (χ1v) is 6.05. The molecule has 3 rings (SSSR count). The number of aliphatic hydroxyl groups excluding tert-OH is 1. The Kier molecular flexibility index (Phi) is 2.24. The van der Waals surface area contributed by atoms with E-state index in [2.05, 4.69) is 32.5 Å². The van der Waals surface area contributed by atoms with Crippen LogP contribution in [0.15, 0.2) is 12.3 Å². The van der Waals surface area contributed by atoms with Gasteiger partial charge in [-0.1, -0.05) is 0 Å². The van der Waals surface area contributed by atoms with Crippen molar-refractivity contribution in [1.82, 2.24) is 4.98 Å². The van der Waals surface area contributed by atoms with Crippen molar-refractivity contribution >= 4 is 28.4 Å². The molecule has 0 spiro atoms. The molecule has 0 aromatic carbocycles. The van der Waals surface area contributed by atoms with Crippen molar-refractivity contribution in [1.29, 1.82) is 0 Å². The molecule has 5 heteroatoms. The van der Waals surface area contributed by atoms with Crippen LogP contribution in [0.4, 0.5) is 5.82 Å². The van der Waals surface area contributed by atoms with Crippen LogP contribution in [0.1, 0.15) is 6.42 Å². The quantitative estimate of drug-likeness (QED) is 0.726. The number of aromatic nitrogens is 1. The summed E-state index contributed by atoms with van der Waals surface area (Å²) in [6.45, 7) is 1.33. The molecule has 2 atom stereocenters. The van der Waals surface area contributed by atoms with Gasteiger partial charge in [-0.05, 0) is 35.1 Å². The maximum absolute atomic E-state index is 9.63. The number of hydrogen-bond donors (Lipinski definition) is 1. The van der Waals surface area contributed by atoms with Gasteiger partial charge in [-0.15, -0.1) is 0 Å². The Labute approximate surface area is 101 Å². The standard InChI is InChI=1S/C10H11IN2O2/c11-8-1-2-12-10-9(8)15-5-6-3-7(14)4-13(6)10/h1-2,6-7,14H,3-5H2/t6-,7?/m0/s1. The molecule has 0 amide bonds. The fourth-order valence-electron chi connectivity index (χ4n) is 2.24. The third-order valence-electron chi connectivity index (χ3n) is 2.92. The van der Waals surface area contributed by atoms with Gasteiger partial charge in [0, 0.05) is 12.7 Å². The number of aliphatic hydroxyl groups is 1. The number of ether oxygens (including phenoxy) is 1. The minimum absolute atomic E-state index is 0.246. The van der Waals surface area contributed by atoms with E-state index in [0.717, 1.165) is 21.6 Å². The van der Waals surface area contributed by atoms with Gasteiger partial charge in [0.05, 0.1) is 15.7 Å². The number of pyridine rings is 1. The first kappa shape index (κ1) is 9.65. The van der Waals surface area contributed by atoms with Gasteiger partial charge in [-0.2, -0.15) is 0 Å². The fraction of sp³-hybridized carbons (Fsp3) is 0.500. The number of nitrogens with zero attached hydrogens (tertiary/aromatic N) is 2. The first-order valence-electron chi connectivity index (χ1n) is 4.97.